The van der Waals surface area contributed by atoms with Crippen LogP contribution in [0.4, 0.5) is 14.6 Å². The summed E-state index contributed by atoms with van der Waals surface area (Å²) in [7, 11) is 0. The fourth-order valence-corrected chi connectivity index (χ4v) is 3.42. The minimum Gasteiger partial charge on any atom is -0.350 e. The summed E-state index contributed by atoms with van der Waals surface area (Å²) >= 11 is 0. The van der Waals surface area contributed by atoms with E-state index in [0.717, 1.165) is 12.8 Å². The molecular weight excluding hydrogens is 368 g/mol. The van der Waals surface area contributed by atoms with Crippen LogP contribution in [0.15, 0.2) is 6.20 Å². The Bertz CT molecular complexity index is 1040. The van der Waals surface area contributed by atoms with Gasteiger partial charge in [-0.3, -0.25) is 0 Å². The Morgan fingerprint density at radius 2 is 1.96 bits per heavy atom. The Hall–Kier alpha value is -2.72. The van der Waals surface area contributed by atoms with Gasteiger partial charge in [-0.1, -0.05) is 25.9 Å². The molecule has 9 nitrogen and oxygen atoms in total. The average Bonchev–Trinajstić information content (AvgIpc) is 3.03. The zero-order valence-electron chi connectivity index (χ0n) is 16.0. The van der Waals surface area contributed by atoms with Crippen molar-refractivity contribution in [3.8, 4) is 5.95 Å². The van der Waals surface area contributed by atoms with Crippen LogP contribution in [-0.2, 0) is 5.41 Å². The van der Waals surface area contributed by atoms with Gasteiger partial charge in [0.1, 0.15) is 11.6 Å². The van der Waals surface area contributed by atoms with Gasteiger partial charge in [0.2, 0.25) is 0 Å². The van der Waals surface area contributed by atoms with Crippen LogP contribution in [0.2, 0.25) is 0 Å². The van der Waals surface area contributed by atoms with Crippen LogP contribution in [0.3, 0.4) is 0 Å². The summed E-state index contributed by atoms with van der Waals surface area (Å²) in [5.74, 6) is -1.18. The van der Waals surface area contributed by atoms with Crippen LogP contribution in [-0.4, -0.2) is 59.0 Å². The molecule has 5 rings (SSSR count). The van der Waals surface area contributed by atoms with Crippen molar-refractivity contribution in [2.75, 3.05) is 18.0 Å². The van der Waals surface area contributed by atoms with Crippen LogP contribution in [0.25, 0.3) is 17.0 Å². The average molecular weight is 389 g/mol. The molecule has 148 valence electrons. The number of nitrogens with zero attached hydrogens (tertiary/aromatic N) is 9. The summed E-state index contributed by atoms with van der Waals surface area (Å²) < 4.78 is 31.0. The number of tetrazole rings is 1. The fraction of sp³-hybridized carbons (Fsp3) is 0.647. The second kappa shape index (κ2) is 5.65. The maximum Gasteiger partial charge on any atom is 0.272 e. The number of fused-ring (bicyclic) bond motifs is 1. The minimum absolute atomic E-state index is 0.183. The number of hydrogen-bond acceptors (Lipinski definition) is 7. The van der Waals surface area contributed by atoms with Crippen molar-refractivity contribution in [3.05, 3.63) is 12.0 Å². The number of alkyl halides is 2. The zero-order valence-corrected chi connectivity index (χ0v) is 16.0. The van der Waals surface area contributed by atoms with E-state index in [4.69, 9.17) is 4.98 Å². The van der Waals surface area contributed by atoms with E-state index in [1.807, 2.05) is 20.8 Å². The standard InChI is InChI=1S/C17H21F2N9/c1-16(2,3)14-21-12(26-7-6-17(18,19)9-26)11-8-20-28(13(11)22-14)15-23-24-25-27(15)10-4-5-10/h8,10H,4-7,9H2,1-3H3. The number of anilines is 1. The smallest absolute Gasteiger partial charge is 0.272 e. The predicted octanol–water partition coefficient (Wildman–Crippen LogP) is 2.28. The number of hydrogen-bond donors (Lipinski definition) is 0. The van der Waals surface area contributed by atoms with Gasteiger partial charge in [0.15, 0.2) is 5.65 Å². The fourth-order valence-electron chi connectivity index (χ4n) is 3.42. The molecule has 1 saturated heterocycles. The van der Waals surface area contributed by atoms with Gasteiger partial charge in [-0.05, 0) is 23.3 Å². The molecule has 0 bridgehead atoms. The molecule has 0 spiro atoms. The lowest BCUT2D eigenvalue weighted by molar-refractivity contribution is 0.0257. The lowest BCUT2D eigenvalue weighted by atomic mass is 9.95. The Morgan fingerprint density at radius 3 is 2.61 bits per heavy atom. The van der Waals surface area contributed by atoms with E-state index in [0.29, 0.717) is 28.6 Å². The lowest BCUT2D eigenvalue weighted by Gasteiger charge is -2.22. The van der Waals surface area contributed by atoms with Crippen molar-refractivity contribution in [2.24, 2.45) is 0 Å². The van der Waals surface area contributed by atoms with Crippen LogP contribution in [0.1, 0.15) is 51.9 Å². The predicted molar refractivity (Wildman–Crippen MR) is 96.8 cm³/mol. The molecule has 1 saturated carbocycles. The van der Waals surface area contributed by atoms with Gasteiger partial charge in [0, 0.05) is 18.4 Å². The van der Waals surface area contributed by atoms with Crippen LogP contribution < -0.4 is 4.90 Å². The Morgan fingerprint density at radius 1 is 1.18 bits per heavy atom. The van der Waals surface area contributed by atoms with Crippen molar-refractivity contribution in [1.29, 1.82) is 0 Å². The van der Waals surface area contributed by atoms with Crippen LogP contribution >= 0.6 is 0 Å². The lowest BCUT2D eigenvalue weighted by Crippen LogP contribution is -2.27. The monoisotopic (exact) mass is 389 g/mol. The van der Waals surface area contributed by atoms with E-state index in [2.05, 4.69) is 25.6 Å². The second-order valence-corrected chi connectivity index (χ2v) is 8.60. The highest BCUT2D eigenvalue weighted by Crippen LogP contribution is 2.37. The molecule has 3 aromatic rings. The van der Waals surface area contributed by atoms with E-state index in [1.54, 1.807) is 20.5 Å². The van der Waals surface area contributed by atoms with Crippen molar-refractivity contribution in [3.63, 3.8) is 0 Å². The van der Waals surface area contributed by atoms with Gasteiger partial charge >= 0.3 is 0 Å². The maximum absolute atomic E-state index is 13.9. The maximum atomic E-state index is 13.9. The molecule has 4 heterocycles. The highest BCUT2D eigenvalue weighted by Gasteiger charge is 2.40. The van der Waals surface area contributed by atoms with Gasteiger partial charge in [-0.2, -0.15) is 9.78 Å². The van der Waals surface area contributed by atoms with Gasteiger partial charge in [0.05, 0.1) is 24.2 Å². The molecule has 0 amide bonds. The molecule has 28 heavy (non-hydrogen) atoms. The molecule has 0 atom stereocenters. The van der Waals surface area contributed by atoms with E-state index in [1.165, 1.54) is 0 Å². The van der Waals surface area contributed by atoms with Gasteiger partial charge < -0.3 is 4.90 Å². The van der Waals surface area contributed by atoms with Crippen molar-refractivity contribution < 1.29 is 8.78 Å². The molecule has 3 aromatic heterocycles. The Balaban J connectivity index is 1.70. The van der Waals surface area contributed by atoms with Crippen LogP contribution in [0, 0.1) is 0 Å². The molecule has 0 unspecified atom stereocenters. The molecule has 2 fully saturated rings. The SMILES string of the molecule is CC(C)(C)c1nc(N2CCC(F)(F)C2)c2cnn(-c3nnnn3C3CC3)c2n1. The minimum atomic E-state index is -2.72. The molecular formula is C17H21F2N9. The van der Waals surface area contributed by atoms with Gasteiger partial charge in [-0.25, -0.2) is 23.4 Å². The third-order valence-corrected chi connectivity index (χ3v) is 5.11. The Kier molecular flexibility index (Phi) is 3.50. The summed E-state index contributed by atoms with van der Waals surface area (Å²) in [4.78, 5) is 11.0. The van der Waals surface area contributed by atoms with Gasteiger partial charge in [0.25, 0.3) is 11.9 Å². The number of aromatic nitrogens is 8. The number of rotatable bonds is 3. The molecule has 1 aliphatic heterocycles. The third-order valence-electron chi connectivity index (χ3n) is 5.11. The van der Waals surface area contributed by atoms with Crippen molar-refractivity contribution in [2.45, 2.75) is 57.4 Å². The number of halogens is 2. The highest BCUT2D eigenvalue weighted by molar-refractivity contribution is 5.88. The topological polar surface area (TPSA) is 90.4 Å². The summed E-state index contributed by atoms with van der Waals surface area (Å²) in [6.45, 7) is 5.86. The first kappa shape index (κ1) is 17.4. The largest absolute Gasteiger partial charge is 0.350 e. The van der Waals surface area contributed by atoms with Crippen molar-refractivity contribution in [1.82, 2.24) is 40.0 Å². The van der Waals surface area contributed by atoms with Crippen LogP contribution in [0.5, 0.6) is 0 Å². The third kappa shape index (κ3) is 2.80. The first-order valence-electron chi connectivity index (χ1n) is 9.40. The van der Waals surface area contributed by atoms with Crippen molar-refractivity contribution >= 4 is 16.9 Å². The summed E-state index contributed by atoms with van der Waals surface area (Å²) in [5, 5.41) is 17.0. The normalized spacial score (nSPS) is 19.7. The highest BCUT2D eigenvalue weighted by atomic mass is 19.3. The summed E-state index contributed by atoms with van der Waals surface area (Å²) in [6, 6.07) is 0.268. The van der Waals surface area contributed by atoms with Gasteiger partial charge in [-0.15, -0.1) is 0 Å². The molecule has 2 aliphatic rings. The first-order chi connectivity index (χ1) is 13.2. The molecule has 1 aliphatic carbocycles. The summed E-state index contributed by atoms with van der Waals surface area (Å²) in [5.41, 5.74) is 0.171. The summed E-state index contributed by atoms with van der Waals surface area (Å²) in [6.07, 6.45) is 3.47. The molecule has 11 heteroatoms. The van der Waals surface area contributed by atoms with E-state index in [-0.39, 0.29) is 31.0 Å². The molecule has 0 aromatic carbocycles. The van der Waals surface area contributed by atoms with E-state index in [9.17, 15) is 8.78 Å². The molecule has 0 radical (unpaired) electrons. The molecule has 0 N–H and O–H groups in total. The first-order valence-corrected chi connectivity index (χ1v) is 9.40. The van der Waals surface area contributed by atoms with E-state index < -0.39 is 5.92 Å². The van der Waals surface area contributed by atoms with E-state index >= 15 is 0 Å². The quantitative estimate of drug-likeness (QED) is 0.679. The Labute approximate surface area is 159 Å². The second-order valence-electron chi connectivity index (χ2n) is 8.60. The zero-order chi connectivity index (χ0) is 19.7.